The molecule has 8 heteroatoms. The van der Waals surface area contributed by atoms with E-state index in [2.05, 4.69) is 23.6 Å². The lowest BCUT2D eigenvalue weighted by Crippen LogP contribution is -2.35. The van der Waals surface area contributed by atoms with Crippen LogP contribution in [-0.2, 0) is 12.8 Å². The van der Waals surface area contributed by atoms with Crippen LogP contribution in [0.25, 0.3) is 0 Å². The van der Waals surface area contributed by atoms with Crippen molar-refractivity contribution in [3.63, 3.8) is 0 Å². The molecule has 1 fully saturated rings. The third-order valence-electron chi connectivity index (χ3n) is 5.42. The Kier molecular flexibility index (Phi) is 12.5. The molecule has 0 radical (unpaired) electrons. The van der Waals surface area contributed by atoms with Crippen LogP contribution in [0, 0.1) is 0 Å². The zero-order valence-corrected chi connectivity index (χ0v) is 19.0. The maximum Gasteiger partial charge on any atom is 0.318 e. The monoisotopic (exact) mass is 428 g/mol. The zero-order valence-electron chi connectivity index (χ0n) is 18.2. The van der Waals surface area contributed by atoms with Crippen LogP contribution in [0.5, 0.6) is 6.01 Å². The lowest BCUT2D eigenvalue weighted by molar-refractivity contribution is 0.211. The van der Waals surface area contributed by atoms with Crippen LogP contribution in [-0.4, -0.2) is 76.7 Å². The summed E-state index contributed by atoms with van der Waals surface area (Å²) in [6, 6.07) is 0.592. The molecule has 0 unspecified atom stereocenters. The summed E-state index contributed by atoms with van der Waals surface area (Å²) in [6.07, 6.45) is 8.24. The Morgan fingerprint density at radius 1 is 0.966 bits per heavy atom. The van der Waals surface area contributed by atoms with E-state index in [0.717, 1.165) is 51.1 Å². The number of hydrogen-bond donors (Lipinski definition) is 0. The summed E-state index contributed by atoms with van der Waals surface area (Å²) in [6.45, 7) is 10.6. The highest BCUT2D eigenvalue weighted by atomic mass is 32.2. The van der Waals surface area contributed by atoms with E-state index in [9.17, 15) is 0 Å². The summed E-state index contributed by atoms with van der Waals surface area (Å²) in [5.74, 6) is 3.63. The van der Waals surface area contributed by atoms with Gasteiger partial charge in [0.2, 0.25) is 0 Å². The average molecular weight is 429 g/mol. The second-order valence-corrected chi connectivity index (χ2v) is 8.83. The van der Waals surface area contributed by atoms with Crippen molar-refractivity contribution in [2.75, 3.05) is 55.7 Å². The molecule has 1 saturated heterocycles. The molecule has 0 aromatic carbocycles. The molecule has 0 bridgehead atoms. The summed E-state index contributed by atoms with van der Waals surface area (Å²) in [7, 11) is 0. The van der Waals surface area contributed by atoms with E-state index in [1.807, 2.05) is 11.8 Å². The molecule has 1 aliphatic carbocycles. The second-order valence-electron chi connectivity index (χ2n) is 7.61. The Bertz CT molecular complexity index is 579. The van der Waals surface area contributed by atoms with Gasteiger partial charge in [-0.05, 0) is 38.5 Å². The third-order valence-corrected chi connectivity index (χ3v) is 6.36. The van der Waals surface area contributed by atoms with Crippen molar-refractivity contribution in [1.29, 1.82) is 0 Å². The highest BCUT2D eigenvalue weighted by Crippen LogP contribution is 2.29. The zero-order chi connectivity index (χ0) is 18.9. The fraction of sp³-hybridized carbons (Fsp3) is 0.810. The van der Waals surface area contributed by atoms with Crippen LogP contribution in [0.15, 0.2) is 0 Å². The Labute approximate surface area is 180 Å². The van der Waals surface area contributed by atoms with Crippen molar-refractivity contribution in [3.8, 4) is 6.01 Å². The SMILES string of the molecule is CCCN(CCC)c1nc(OCCN2CCSCC2)nc2c1CCCCC2.O.O. The van der Waals surface area contributed by atoms with E-state index in [1.54, 1.807) is 0 Å². The molecular formula is C21H40N4O3S. The number of aryl methyl sites for hydroxylation is 1. The summed E-state index contributed by atoms with van der Waals surface area (Å²) in [4.78, 5) is 14.7. The molecule has 4 N–H and O–H groups in total. The number of aromatic nitrogens is 2. The van der Waals surface area contributed by atoms with E-state index in [0.29, 0.717) is 12.6 Å². The van der Waals surface area contributed by atoms with Gasteiger partial charge in [-0.2, -0.15) is 21.7 Å². The van der Waals surface area contributed by atoms with Crippen molar-refractivity contribution in [3.05, 3.63) is 11.3 Å². The minimum absolute atomic E-state index is 0. The van der Waals surface area contributed by atoms with Gasteiger partial charge in [0, 0.05) is 49.8 Å². The molecule has 7 nitrogen and oxygen atoms in total. The number of anilines is 1. The molecule has 1 aliphatic heterocycles. The quantitative estimate of drug-likeness (QED) is 0.558. The third kappa shape index (κ3) is 7.59. The Balaban J connectivity index is 0.00000210. The normalized spacial score (nSPS) is 16.8. The lowest BCUT2D eigenvalue weighted by Gasteiger charge is -2.27. The van der Waals surface area contributed by atoms with Crippen LogP contribution in [0.3, 0.4) is 0 Å². The number of nitrogens with zero attached hydrogens (tertiary/aromatic N) is 4. The molecule has 168 valence electrons. The van der Waals surface area contributed by atoms with E-state index in [-0.39, 0.29) is 11.0 Å². The van der Waals surface area contributed by atoms with Crippen LogP contribution in [0.2, 0.25) is 0 Å². The van der Waals surface area contributed by atoms with Gasteiger partial charge < -0.3 is 20.6 Å². The molecular weight excluding hydrogens is 388 g/mol. The minimum Gasteiger partial charge on any atom is -0.462 e. The molecule has 29 heavy (non-hydrogen) atoms. The van der Waals surface area contributed by atoms with Gasteiger partial charge in [-0.1, -0.05) is 20.3 Å². The second kappa shape index (κ2) is 14.0. The van der Waals surface area contributed by atoms with Gasteiger partial charge in [-0.25, -0.2) is 0 Å². The van der Waals surface area contributed by atoms with Crippen LogP contribution in [0.1, 0.15) is 57.2 Å². The van der Waals surface area contributed by atoms with Gasteiger partial charge >= 0.3 is 6.01 Å². The molecule has 0 atom stereocenters. The predicted octanol–water partition coefficient (Wildman–Crippen LogP) is 2.15. The summed E-state index contributed by atoms with van der Waals surface area (Å²) in [5.41, 5.74) is 2.62. The van der Waals surface area contributed by atoms with Crippen LogP contribution < -0.4 is 9.64 Å². The number of fused-ring (bicyclic) bond motifs is 1. The van der Waals surface area contributed by atoms with Crippen LogP contribution in [0.4, 0.5) is 5.82 Å². The van der Waals surface area contributed by atoms with E-state index >= 15 is 0 Å². The minimum atomic E-state index is 0. The Morgan fingerprint density at radius 3 is 2.34 bits per heavy atom. The fourth-order valence-corrected chi connectivity index (χ4v) is 4.99. The van der Waals surface area contributed by atoms with E-state index in [4.69, 9.17) is 14.7 Å². The number of hydrogen-bond acceptors (Lipinski definition) is 6. The van der Waals surface area contributed by atoms with Gasteiger partial charge in [0.15, 0.2) is 0 Å². The topological polar surface area (TPSA) is 104 Å². The van der Waals surface area contributed by atoms with Crippen molar-refractivity contribution in [1.82, 2.24) is 14.9 Å². The molecule has 2 aliphatic rings. The molecule has 0 spiro atoms. The maximum atomic E-state index is 6.07. The van der Waals surface area contributed by atoms with Gasteiger partial charge in [0.1, 0.15) is 12.4 Å². The van der Waals surface area contributed by atoms with Crippen molar-refractivity contribution < 1.29 is 15.7 Å². The Hall–Kier alpha value is -1.09. The first kappa shape index (κ1) is 25.9. The van der Waals surface area contributed by atoms with Crippen molar-refractivity contribution in [2.24, 2.45) is 0 Å². The molecule has 3 rings (SSSR count). The largest absolute Gasteiger partial charge is 0.462 e. The smallest absolute Gasteiger partial charge is 0.318 e. The van der Waals surface area contributed by atoms with Crippen molar-refractivity contribution >= 4 is 17.6 Å². The van der Waals surface area contributed by atoms with Crippen LogP contribution >= 0.6 is 11.8 Å². The Morgan fingerprint density at radius 2 is 1.66 bits per heavy atom. The first-order valence-corrected chi connectivity index (χ1v) is 12.0. The predicted molar refractivity (Wildman–Crippen MR) is 123 cm³/mol. The average Bonchev–Trinajstić information content (AvgIpc) is 2.93. The maximum absolute atomic E-state index is 6.07. The number of rotatable bonds is 9. The molecule has 0 amide bonds. The highest BCUT2D eigenvalue weighted by molar-refractivity contribution is 7.99. The standard InChI is InChI=1S/C21H36N4OS.2H2O/c1-3-10-25(11-4-2)20-18-8-6-5-7-9-19(18)22-21(23-20)26-15-12-24-13-16-27-17-14-24;;/h3-17H2,1-2H3;2*1H2. The fourth-order valence-electron chi connectivity index (χ4n) is 4.01. The van der Waals surface area contributed by atoms with E-state index in [1.165, 1.54) is 55.1 Å². The molecule has 1 aromatic heterocycles. The summed E-state index contributed by atoms with van der Waals surface area (Å²) < 4.78 is 6.07. The molecule has 0 saturated carbocycles. The van der Waals surface area contributed by atoms with Crippen molar-refractivity contribution in [2.45, 2.75) is 58.8 Å². The van der Waals surface area contributed by atoms with Gasteiger partial charge in [0.05, 0.1) is 5.69 Å². The number of thioether (sulfide) groups is 1. The van der Waals surface area contributed by atoms with Gasteiger partial charge in [0.25, 0.3) is 0 Å². The molecule has 1 aromatic rings. The molecule has 2 heterocycles. The van der Waals surface area contributed by atoms with Gasteiger partial charge in [-0.15, -0.1) is 0 Å². The highest BCUT2D eigenvalue weighted by Gasteiger charge is 2.21. The van der Waals surface area contributed by atoms with E-state index < -0.39 is 0 Å². The lowest BCUT2D eigenvalue weighted by atomic mass is 10.1. The first-order valence-electron chi connectivity index (χ1n) is 10.9. The summed E-state index contributed by atoms with van der Waals surface area (Å²) in [5, 5.41) is 0. The van der Waals surface area contributed by atoms with Gasteiger partial charge in [-0.3, -0.25) is 4.90 Å². The summed E-state index contributed by atoms with van der Waals surface area (Å²) >= 11 is 2.05. The number of ether oxygens (including phenoxy) is 1. The first-order chi connectivity index (χ1) is 13.3.